The first-order chi connectivity index (χ1) is 11.8. The molecule has 0 amide bonds. The number of benzene rings is 1. The lowest BCUT2D eigenvalue weighted by Gasteiger charge is -2.18. The molecular weight excluding hydrogens is 312 g/mol. The topological polar surface area (TPSA) is 125 Å². The molecule has 0 unspecified atom stereocenters. The Morgan fingerprint density at radius 1 is 1.20 bits per heavy atom. The van der Waals surface area contributed by atoms with Gasteiger partial charge in [-0.05, 0) is 20.8 Å². The molecule has 2 rings (SSSR count). The van der Waals surface area contributed by atoms with Gasteiger partial charge in [0.15, 0.2) is 0 Å². The fourth-order valence-corrected chi connectivity index (χ4v) is 2.46. The van der Waals surface area contributed by atoms with Crippen molar-refractivity contribution in [2.24, 2.45) is 10.7 Å². The van der Waals surface area contributed by atoms with Crippen LogP contribution in [0, 0.1) is 22.7 Å². The first-order valence-electron chi connectivity index (χ1n) is 7.79. The second-order valence-electron chi connectivity index (χ2n) is 6.55. The molecule has 0 bridgehead atoms. The molecule has 0 saturated carbocycles. The van der Waals surface area contributed by atoms with Crippen LogP contribution >= 0.6 is 0 Å². The van der Waals surface area contributed by atoms with Gasteiger partial charge < -0.3 is 11.5 Å². The Balaban J connectivity index is 2.87. The lowest BCUT2D eigenvalue weighted by Crippen LogP contribution is -2.24. The molecule has 6 heteroatoms. The van der Waals surface area contributed by atoms with Crippen molar-refractivity contribution in [1.29, 1.82) is 10.5 Å². The zero-order valence-electron chi connectivity index (χ0n) is 14.5. The Labute approximate surface area is 147 Å². The largest absolute Gasteiger partial charge is 0.397 e. The average molecular weight is 332 g/mol. The summed E-state index contributed by atoms with van der Waals surface area (Å²) in [5.74, 6) is 0.219. The van der Waals surface area contributed by atoms with E-state index >= 15 is 0 Å². The summed E-state index contributed by atoms with van der Waals surface area (Å²) in [5.41, 5.74) is 14.5. The second kappa shape index (κ2) is 7.02. The van der Waals surface area contributed by atoms with Crippen molar-refractivity contribution in [3.05, 3.63) is 47.2 Å². The Morgan fingerprint density at radius 2 is 1.84 bits per heavy atom. The van der Waals surface area contributed by atoms with Crippen LogP contribution in [0.2, 0.25) is 0 Å². The van der Waals surface area contributed by atoms with Crippen molar-refractivity contribution >= 4 is 11.5 Å². The van der Waals surface area contributed by atoms with Gasteiger partial charge in [-0.2, -0.15) is 10.5 Å². The summed E-state index contributed by atoms with van der Waals surface area (Å²) >= 11 is 0. The minimum Gasteiger partial charge on any atom is -0.397 e. The van der Waals surface area contributed by atoms with E-state index in [0.29, 0.717) is 17.0 Å². The van der Waals surface area contributed by atoms with E-state index in [1.165, 1.54) is 0 Å². The van der Waals surface area contributed by atoms with E-state index in [4.69, 9.17) is 16.7 Å². The van der Waals surface area contributed by atoms with Crippen LogP contribution in [0.1, 0.15) is 37.6 Å². The molecule has 0 radical (unpaired) electrons. The number of hydrogen-bond donors (Lipinski definition) is 2. The first-order valence-corrected chi connectivity index (χ1v) is 7.79. The number of hydrogen-bond acceptors (Lipinski definition) is 5. The molecule has 1 heterocycles. The average Bonchev–Trinajstić information content (AvgIpc) is 2.54. The standard InChI is InChI=1S/C19H20N6/c1-19(2,3)25-18(23)15-16(22)13(11-21)14(9-10-20)24-17(15)12-7-5-4-6-8-12/h4-8H,9H2,1-3H3,(H2,22,24)(H2,23,25). The Hall–Kier alpha value is -3.38. The van der Waals surface area contributed by atoms with Crippen LogP contribution in [0.3, 0.4) is 0 Å². The summed E-state index contributed by atoms with van der Waals surface area (Å²) in [6.45, 7) is 5.75. The molecular formula is C19H20N6. The minimum absolute atomic E-state index is 0.0104. The number of aromatic nitrogens is 1. The van der Waals surface area contributed by atoms with Crippen LogP contribution in [-0.2, 0) is 6.42 Å². The van der Waals surface area contributed by atoms with Gasteiger partial charge in [0.2, 0.25) is 0 Å². The first kappa shape index (κ1) is 18.0. The summed E-state index contributed by atoms with van der Waals surface area (Å²) in [7, 11) is 0. The van der Waals surface area contributed by atoms with Gasteiger partial charge in [-0.15, -0.1) is 0 Å². The van der Waals surface area contributed by atoms with E-state index in [-0.39, 0.29) is 23.5 Å². The smallest absolute Gasteiger partial charge is 0.130 e. The summed E-state index contributed by atoms with van der Waals surface area (Å²) in [6, 6.07) is 13.4. The number of pyridine rings is 1. The number of nitrogen functional groups attached to an aromatic ring is 1. The molecule has 0 aliphatic carbocycles. The summed E-state index contributed by atoms with van der Waals surface area (Å²) in [6.07, 6.45) is -0.0104. The zero-order chi connectivity index (χ0) is 18.6. The minimum atomic E-state index is -0.414. The maximum Gasteiger partial charge on any atom is 0.130 e. The van der Waals surface area contributed by atoms with E-state index < -0.39 is 5.54 Å². The molecule has 0 atom stereocenters. The van der Waals surface area contributed by atoms with Crippen LogP contribution in [0.15, 0.2) is 35.3 Å². The molecule has 1 aromatic carbocycles. The molecule has 6 nitrogen and oxygen atoms in total. The fourth-order valence-electron chi connectivity index (χ4n) is 2.46. The predicted molar refractivity (Wildman–Crippen MR) is 98.6 cm³/mol. The third kappa shape index (κ3) is 3.94. The number of nitrogens with two attached hydrogens (primary N) is 2. The van der Waals surface area contributed by atoms with Crippen molar-refractivity contribution in [3.8, 4) is 23.4 Å². The van der Waals surface area contributed by atoms with Crippen molar-refractivity contribution in [3.63, 3.8) is 0 Å². The summed E-state index contributed by atoms with van der Waals surface area (Å²) in [4.78, 5) is 9.01. The van der Waals surface area contributed by atoms with E-state index in [1.807, 2.05) is 63.2 Å². The monoisotopic (exact) mass is 332 g/mol. The highest BCUT2D eigenvalue weighted by atomic mass is 14.9. The quantitative estimate of drug-likeness (QED) is 0.660. The Morgan fingerprint density at radius 3 is 2.36 bits per heavy atom. The molecule has 0 saturated heterocycles. The van der Waals surface area contributed by atoms with E-state index in [9.17, 15) is 5.26 Å². The normalized spacial score (nSPS) is 11.6. The second-order valence-corrected chi connectivity index (χ2v) is 6.55. The van der Waals surface area contributed by atoms with Crippen LogP contribution in [0.4, 0.5) is 5.69 Å². The molecule has 4 N–H and O–H groups in total. The highest BCUT2D eigenvalue weighted by Crippen LogP contribution is 2.30. The number of nitriles is 2. The molecule has 0 aliphatic rings. The van der Waals surface area contributed by atoms with Crippen molar-refractivity contribution in [1.82, 2.24) is 4.98 Å². The van der Waals surface area contributed by atoms with Gasteiger partial charge >= 0.3 is 0 Å². The van der Waals surface area contributed by atoms with Crippen LogP contribution in [0.5, 0.6) is 0 Å². The SMILES string of the molecule is CC(C)(C)N=C(N)c1c(-c2ccccc2)nc(CC#N)c(C#N)c1N. The maximum absolute atomic E-state index is 9.47. The molecule has 1 aromatic heterocycles. The number of aliphatic imine (C=N–C) groups is 1. The third-order valence-electron chi connectivity index (χ3n) is 3.43. The molecule has 25 heavy (non-hydrogen) atoms. The van der Waals surface area contributed by atoms with Crippen LogP contribution < -0.4 is 11.5 Å². The number of anilines is 1. The zero-order valence-corrected chi connectivity index (χ0v) is 14.5. The van der Waals surface area contributed by atoms with E-state index in [2.05, 4.69) is 9.98 Å². The molecule has 126 valence electrons. The summed E-state index contributed by atoms with van der Waals surface area (Å²) in [5, 5.41) is 18.5. The molecule has 0 fully saturated rings. The number of nitrogens with zero attached hydrogens (tertiary/aromatic N) is 4. The van der Waals surface area contributed by atoms with Crippen LogP contribution in [0.25, 0.3) is 11.3 Å². The third-order valence-corrected chi connectivity index (χ3v) is 3.43. The van der Waals surface area contributed by atoms with Crippen LogP contribution in [-0.4, -0.2) is 16.4 Å². The highest BCUT2D eigenvalue weighted by molar-refractivity contribution is 6.08. The lowest BCUT2D eigenvalue weighted by molar-refractivity contribution is 0.583. The summed E-state index contributed by atoms with van der Waals surface area (Å²) < 4.78 is 0. The van der Waals surface area contributed by atoms with Gasteiger partial charge in [-0.3, -0.25) is 4.99 Å². The fraction of sp³-hybridized carbons (Fsp3) is 0.263. The highest BCUT2D eigenvalue weighted by Gasteiger charge is 2.22. The molecule has 0 spiro atoms. The number of amidine groups is 1. The number of rotatable bonds is 3. The molecule has 2 aromatic rings. The van der Waals surface area contributed by atoms with Crippen molar-refractivity contribution in [2.45, 2.75) is 32.7 Å². The Bertz CT molecular complexity index is 893. The van der Waals surface area contributed by atoms with E-state index in [0.717, 1.165) is 5.56 Å². The lowest BCUT2D eigenvalue weighted by atomic mass is 9.98. The van der Waals surface area contributed by atoms with Gasteiger partial charge in [0.05, 0.1) is 46.2 Å². The van der Waals surface area contributed by atoms with Gasteiger partial charge in [0.25, 0.3) is 0 Å². The van der Waals surface area contributed by atoms with Gasteiger partial charge in [0, 0.05) is 5.56 Å². The Kier molecular flexibility index (Phi) is 5.05. The predicted octanol–water partition coefficient (Wildman–Crippen LogP) is 2.77. The van der Waals surface area contributed by atoms with E-state index in [1.54, 1.807) is 0 Å². The van der Waals surface area contributed by atoms with Crippen molar-refractivity contribution < 1.29 is 0 Å². The van der Waals surface area contributed by atoms with Crippen molar-refractivity contribution in [2.75, 3.05) is 5.73 Å². The maximum atomic E-state index is 9.47. The van der Waals surface area contributed by atoms with Gasteiger partial charge in [-0.25, -0.2) is 4.98 Å². The van der Waals surface area contributed by atoms with Gasteiger partial charge in [0.1, 0.15) is 11.9 Å². The molecule has 0 aliphatic heterocycles. The van der Waals surface area contributed by atoms with Gasteiger partial charge in [-0.1, -0.05) is 30.3 Å².